The minimum absolute atomic E-state index is 0.00602. The first-order valence-corrected chi connectivity index (χ1v) is 8.15. The van der Waals surface area contributed by atoms with E-state index in [0.717, 1.165) is 42.6 Å². The van der Waals surface area contributed by atoms with Crippen molar-refractivity contribution >= 4 is 17.6 Å². The third-order valence-electron chi connectivity index (χ3n) is 4.90. The van der Waals surface area contributed by atoms with Crippen LogP contribution in [0.15, 0.2) is 18.2 Å². The molecule has 2 atom stereocenters. The van der Waals surface area contributed by atoms with Gasteiger partial charge in [-0.2, -0.15) is 0 Å². The second kappa shape index (κ2) is 7.13. The van der Waals surface area contributed by atoms with E-state index < -0.39 is 0 Å². The fourth-order valence-corrected chi connectivity index (χ4v) is 3.46. The summed E-state index contributed by atoms with van der Waals surface area (Å²) in [6.07, 6.45) is 2.84. The topological polar surface area (TPSA) is 55.4 Å². The summed E-state index contributed by atoms with van der Waals surface area (Å²) in [4.78, 5) is 24.6. The summed E-state index contributed by atoms with van der Waals surface area (Å²) >= 11 is 0. The molecule has 1 N–H and O–H groups in total. The Labute approximate surface area is 138 Å². The number of aryl methyl sites for hydroxylation is 2. The number of nitrogens with one attached hydrogen (secondary N) is 1. The second-order valence-corrected chi connectivity index (χ2v) is 6.70. The van der Waals surface area contributed by atoms with Gasteiger partial charge in [0.05, 0.1) is 20.7 Å². The number of ether oxygens (including phenoxy) is 1. The van der Waals surface area contributed by atoms with Crippen molar-refractivity contribution in [3.63, 3.8) is 0 Å². The van der Waals surface area contributed by atoms with Gasteiger partial charge in [0.1, 0.15) is 0 Å². The Kier molecular flexibility index (Phi) is 5.42. The van der Waals surface area contributed by atoms with Gasteiger partial charge < -0.3 is 14.5 Å². The zero-order chi connectivity index (χ0) is 17.0. The van der Waals surface area contributed by atoms with Crippen LogP contribution in [0.4, 0.5) is 5.69 Å². The van der Waals surface area contributed by atoms with E-state index >= 15 is 0 Å². The Morgan fingerprint density at radius 1 is 1.26 bits per heavy atom. The summed E-state index contributed by atoms with van der Waals surface area (Å²) in [7, 11) is 3.37. The van der Waals surface area contributed by atoms with E-state index in [9.17, 15) is 9.59 Å². The van der Waals surface area contributed by atoms with Gasteiger partial charge in [-0.25, -0.2) is 4.79 Å². The highest BCUT2D eigenvalue weighted by Crippen LogP contribution is 2.27. The molecule has 0 saturated carbocycles. The molecule has 1 aliphatic rings. The van der Waals surface area contributed by atoms with Gasteiger partial charge in [0, 0.05) is 12.1 Å². The summed E-state index contributed by atoms with van der Waals surface area (Å²) < 4.78 is 5.24. The molecule has 0 bridgehead atoms. The van der Waals surface area contributed by atoms with Crippen molar-refractivity contribution in [2.24, 2.45) is 0 Å². The minimum atomic E-state index is -0.265. The summed E-state index contributed by atoms with van der Waals surface area (Å²) in [5.41, 5.74) is 2.99. The third-order valence-corrected chi connectivity index (χ3v) is 4.90. The molecule has 1 fully saturated rings. The summed E-state index contributed by atoms with van der Waals surface area (Å²) in [6.45, 7) is 5.04. The average molecular weight is 319 g/mol. The largest absolute Gasteiger partial charge is 0.465 e. The number of methoxy groups -OCH3 is 1. The first-order valence-electron chi connectivity index (χ1n) is 8.15. The Balaban J connectivity index is 2.20. The van der Waals surface area contributed by atoms with E-state index in [2.05, 4.69) is 5.32 Å². The monoisotopic (exact) mass is 319 g/mol. The minimum Gasteiger partial charge on any atom is -0.465 e. The number of likely N-dealkylation sites (tertiary alicyclic amines) is 1. The molecule has 5 heteroatoms. The quantitative estimate of drug-likeness (QED) is 0.685. The highest BCUT2D eigenvalue weighted by molar-refractivity contribution is 5.95. The van der Waals surface area contributed by atoms with Gasteiger partial charge in [-0.1, -0.05) is 18.2 Å². The van der Waals surface area contributed by atoms with Crippen LogP contribution in [0.3, 0.4) is 0 Å². The normalized spacial score (nSPS) is 24.1. The zero-order valence-corrected chi connectivity index (χ0v) is 14.5. The fraction of sp³-hybridized carbons (Fsp3) is 0.556. The third kappa shape index (κ3) is 3.91. The molecular formula is C18H27N2O3+. The lowest BCUT2D eigenvalue weighted by Gasteiger charge is -2.42. The van der Waals surface area contributed by atoms with Crippen LogP contribution in [0.25, 0.3) is 0 Å². The number of hydrogen-bond donors (Lipinski definition) is 1. The van der Waals surface area contributed by atoms with Gasteiger partial charge in [0.2, 0.25) is 0 Å². The predicted octanol–water partition coefficient (Wildman–Crippen LogP) is 2.41. The molecule has 23 heavy (non-hydrogen) atoms. The lowest BCUT2D eigenvalue weighted by Crippen LogP contribution is -2.61. The number of carbonyl (C=O) groups excluding carboxylic acids is 2. The van der Waals surface area contributed by atoms with Crippen molar-refractivity contribution in [2.75, 3.05) is 32.6 Å². The molecule has 2 unspecified atom stereocenters. The average Bonchev–Trinajstić information content (AvgIpc) is 2.50. The molecule has 0 aliphatic carbocycles. The molecule has 0 spiro atoms. The number of anilines is 1. The van der Waals surface area contributed by atoms with E-state index in [1.54, 1.807) is 0 Å². The molecule has 2 rings (SSSR count). The van der Waals surface area contributed by atoms with Crippen LogP contribution in [0.1, 0.15) is 30.4 Å². The molecule has 1 aliphatic heterocycles. The number of esters is 1. The molecule has 126 valence electrons. The number of para-hydroxylation sites is 1. The van der Waals surface area contributed by atoms with Crippen molar-refractivity contribution in [1.29, 1.82) is 0 Å². The maximum atomic E-state index is 12.9. The van der Waals surface area contributed by atoms with Crippen LogP contribution in [-0.2, 0) is 14.3 Å². The van der Waals surface area contributed by atoms with Gasteiger partial charge in [-0.15, -0.1) is 0 Å². The number of piperidine rings is 1. The van der Waals surface area contributed by atoms with Crippen LogP contribution in [0, 0.1) is 13.8 Å². The van der Waals surface area contributed by atoms with Gasteiger partial charge in [-0.3, -0.25) is 4.79 Å². The highest BCUT2D eigenvalue weighted by atomic mass is 16.5. The molecular weight excluding hydrogens is 292 g/mol. The summed E-state index contributed by atoms with van der Waals surface area (Å²) in [5.74, 6) is -0.271. The molecule has 1 aromatic carbocycles. The number of hydrogen-bond acceptors (Lipinski definition) is 3. The highest BCUT2D eigenvalue weighted by Gasteiger charge is 2.42. The van der Waals surface area contributed by atoms with Gasteiger partial charge in [0.25, 0.3) is 5.91 Å². The first kappa shape index (κ1) is 17.5. The molecule has 1 amide bonds. The molecule has 1 saturated heterocycles. The smallest absolute Gasteiger partial charge is 0.361 e. The Hall–Kier alpha value is -1.88. The van der Waals surface area contributed by atoms with E-state index in [-0.39, 0.29) is 24.5 Å². The summed E-state index contributed by atoms with van der Waals surface area (Å²) in [5, 5.41) is 3.09. The number of nitrogens with zero attached hydrogens (tertiary/aromatic N) is 1. The lowest BCUT2D eigenvalue weighted by molar-refractivity contribution is -0.922. The van der Waals surface area contributed by atoms with Crippen molar-refractivity contribution in [1.82, 2.24) is 0 Å². The molecule has 0 radical (unpaired) electrons. The van der Waals surface area contributed by atoms with E-state index in [1.165, 1.54) is 7.11 Å². The van der Waals surface area contributed by atoms with Gasteiger partial charge >= 0.3 is 5.97 Å². The second-order valence-electron chi connectivity index (χ2n) is 6.70. The molecule has 0 aromatic heterocycles. The fourth-order valence-electron chi connectivity index (χ4n) is 3.46. The number of benzene rings is 1. The van der Waals surface area contributed by atoms with Crippen LogP contribution < -0.4 is 5.32 Å². The first-order chi connectivity index (χ1) is 10.9. The van der Waals surface area contributed by atoms with Crippen molar-refractivity contribution in [3.05, 3.63) is 29.3 Å². The maximum absolute atomic E-state index is 12.9. The number of rotatable bonds is 4. The Morgan fingerprint density at radius 2 is 1.91 bits per heavy atom. The van der Waals surface area contributed by atoms with Crippen molar-refractivity contribution < 1.29 is 18.8 Å². The number of carbonyl (C=O) groups is 2. The SMILES string of the molecule is COC(=O)C[N+]1(C)CCCCC1C(=O)Nc1c(C)cccc1C. The Bertz CT molecular complexity index is 580. The van der Waals surface area contributed by atoms with Gasteiger partial charge in [0.15, 0.2) is 12.6 Å². The van der Waals surface area contributed by atoms with E-state index in [0.29, 0.717) is 4.48 Å². The standard InChI is InChI=1S/C18H26N2O3/c1-13-8-7-9-14(2)17(13)19-18(22)15-10-5-6-11-20(15,3)12-16(21)23-4/h7-9,15H,5-6,10-12H2,1-4H3/p+1. The lowest BCUT2D eigenvalue weighted by atomic mass is 9.97. The number of amides is 1. The predicted molar refractivity (Wildman–Crippen MR) is 90.1 cm³/mol. The number of likely N-dealkylation sites (N-methyl/N-ethyl adjacent to an activating group) is 1. The Morgan fingerprint density at radius 3 is 2.52 bits per heavy atom. The van der Waals surface area contributed by atoms with Crippen LogP contribution in [-0.4, -0.2) is 49.6 Å². The van der Waals surface area contributed by atoms with Crippen LogP contribution >= 0.6 is 0 Å². The molecule has 5 nitrogen and oxygen atoms in total. The maximum Gasteiger partial charge on any atom is 0.361 e. The van der Waals surface area contributed by atoms with E-state index in [1.807, 2.05) is 39.1 Å². The van der Waals surface area contributed by atoms with Crippen molar-refractivity contribution in [3.8, 4) is 0 Å². The van der Waals surface area contributed by atoms with Crippen LogP contribution in [0.5, 0.6) is 0 Å². The van der Waals surface area contributed by atoms with Gasteiger partial charge in [-0.05, 0) is 37.8 Å². The summed E-state index contributed by atoms with van der Waals surface area (Å²) in [6, 6.07) is 5.75. The van der Waals surface area contributed by atoms with Crippen molar-refractivity contribution in [2.45, 2.75) is 39.2 Å². The molecule has 1 heterocycles. The number of quaternary nitrogens is 1. The van der Waals surface area contributed by atoms with Crippen LogP contribution in [0.2, 0.25) is 0 Å². The zero-order valence-electron chi connectivity index (χ0n) is 14.5. The van der Waals surface area contributed by atoms with E-state index in [4.69, 9.17) is 4.74 Å². The molecule has 1 aromatic rings.